The summed E-state index contributed by atoms with van der Waals surface area (Å²) in [6.45, 7) is 0.0713. The second-order valence-corrected chi connectivity index (χ2v) is 6.47. The van der Waals surface area contributed by atoms with Crippen molar-refractivity contribution in [1.29, 1.82) is 0 Å². The quantitative estimate of drug-likeness (QED) is 0.858. The molecule has 5 heteroatoms. The standard InChI is InChI=1S/C18H24N2O3/c1-19(18(22)23-2)12-17(21)20(14-10-11-14)16-9-5-7-13-6-3-4-8-15(13)16/h3-4,6,8,14,16H,5,7,9-12H2,1-2H3/t16-/m0/s1. The summed E-state index contributed by atoms with van der Waals surface area (Å²) in [6, 6.07) is 8.89. The van der Waals surface area contributed by atoms with Gasteiger partial charge in [-0.05, 0) is 43.2 Å². The summed E-state index contributed by atoms with van der Waals surface area (Å²) in [5, 5.41) is 0. The van der Waals surface area contributed by atoms with Crippen molar-refractivity contribution in [3.8, 4) is 0 Å². The average Bonchev–Trinajstić information content (AvgIpc) is 3.39. The van der Waals surface area contributed by atoms with Gasteiger partial charge >= 0.3 is 6.09 Å². The second-order valence-electron chi connectivity index (χ2n) is 6.47. The largest absolute Gasteiger partial charge is 0.453 e. The number of aryl methyl sites for hydroxylation is 1. The molecule has 5 nitrogen and oxygen atoms in total. The third-order valence-electron chi connectivity index (χ3n) is 4.76. The van der Waals surface area contributed by atoms with Gasteiger partial charge in [-0.2, -0.15) is 0 Å². The van der Waals surface area contributed by atoms with Crippen LogP contribution in [0.1, 0.15) is 42.9 Å². The predicted molar refractivity (Wildman–Crippen MR) is 87.0 cm³/mol. The summed E-state index contributed by atoms with van der Waals surface area (Å²) in [7, 11) is 2.93. The molecule has 0 aromatic heterocycles. The van der Waals surface area contributed by atoms with Gasteiger partial charge in [-0.3, -0.25) is 4.79 Å². The number of carbonyl (C=O) groups excluding carboxylic acids is 2. The van der Waals surface area contributed by atoms with E-state index in [0.717, 1.165) is 32.1 Å². The molecule has 124 valence electrons. The van der Waals surface area contributed by atoms with Gasteiger partial charge in [-0.25, -0.2) is 4.79 Å². The maximum atomic E-state index is 12.8. The zero-order valence-electron chi connectivity index (χ0n) is 13.8. The third kappa shape index (κ3) is 3.33. The van der Waals surface area contributed by atoms with Crippen LogP contribution >= 0.6 is 0 Å². The van der Waals surface area contributed by atoms with Gasteiger partial charge in [0.1, 0.15) is 6.54 Å². The Bertz CT molecular complexity index is 598. The Morgan fingerprint density at radius 2 is 1.96 bits per heavy atom. The van der Waals surface area contributed by atoms with E-state index in [1.165, 1.54) is 23.1 Å². The first-order valence-corrected chi connectivity index (χ1v) is 8.30. The van der Waals surface area contributed by atoms with E-state index in [4.69, 9.17) is 0 Å². The Morgan fingerprint density at radius 1 is 1.22 bits per heavy atom. The Labute approximate surface area is 137 Å². The topological polar surface area (TPSA) is 49.9 Å². The third-order valence-corrected chi connectivity index (χ3v) is 4.76. The number of methoxy groups -OCH3 is 1. The first-order valence-electron chi connectivity index (χ1n) is 8.30. The van der Waals surface area contributed by atoms with Gasteiger partial charge in [0, 0.05) is 13.1 Å². The van der Waals surface area contributed by atoms with Crippen LogP contribution in [0.2, 0.25) is 0 Å². The molecule has 1 fully saturated rings. The molecule has 1 aromatic rings. The lowest BCUT2D eigenvalue weighted by Crippen LogP contribution is -2.44. The SMILES string of the molecule is COC(=O)N(C)CC(=O)N(C1CC1)[C@H]1CCCc2ccccc21. The van der Waals surface area contributed by atoms with Crippen molar-refractivity contribution in [1.82, 2.24) is 9.80 Å². The lowest BCUT2D eigenvalue weighted by Gasteiger charge is -2.37. The number of carbonyl (C=O) groups is 2. The lowest BCUT2D eigenvalue weighted by atomic mass is 9.86. The molecule has 0 N–H and O–H groups in total. The molecule has 2 aliphatic carbocycles. The van der Waals surface area contributed by atoms with Crippen molar-refractivity contribution in [3.05, 3.63) is 35.4 Å². The normalized spacial score (nSPS) is 19.7. The van der Waals surface area contributed by atoms with E-state index in [9.17, 15) is 9.59 Å². The molecule has 3 rings (SSSR count). The van der Waals surface area contributed by atoms with Gasteiger partial charge in [0.05, 0.1) is 13.2 Å². The van der Waals surface area contributed by atoms with Gasteiger partial charge in [-0.1, -0.05) is 24.3 Å². The van der Waals surface area contributed by atoms with E-state index in [-0.39, 0.29) is 18.5 Å². The molecule has 0 aliphatic heterocycles. The number of rotatable bonds is 4. The highest BCUT2D eigenvalue weighted by molar-refractivity contribution is 5.83. The minimum absolute atomic E-state index is 0.0158. The number of fused-ring (bicyclic) bond motifs is 1. The van der Waals surface area contributed by atoms with Crippen LogP contribution in [0.15, 0.2) is 24.3 Å². The molecule has 0 saturated heterocycles. The monoisotopic (exact) mass is 316 g/mol. The van der Waals surface area contributed by atoms with Gasteiger partial charge in [-0.15, -0.1) is 0 Å². The Hall–Kier alpha value is -2.04. The Kier molecular flexibility index (Phi) is 4.55. The molecule has 1 atom stereocenters. The van der Waals surface area contributed by atoms with Crippen molar-refractivity contribution in [2.24, 2.45) is 0 Å². The van der Waals surface area contributed by atoms with E-state index in [1.807, 2.05) is 11.0 Å². The van der Waals surface area contributed by atoms with Gasteiger partial charge in [0.15, 0.2) is 0 Å². The highest BCUT2D eigenvalue weighted by Gasteiger charge is 2.39. The summed E-state index contributed by atoms with van der Waals surface area (Å²) in [5.41, 5.74) is 2.63. The maximum absolute atomic E-state index is 12.8. The summed E-state index contributed by atoms with van der Waals surface area (Å²) in [4.78, 5) is 27.8. The predicted octanol–water partition coefficient (Wildman–Crippen LogP) is 2.75. The van der Waals surface area contributed by atoms with Crippen LogP contribution in [0.4, 0.5) is 4.79 Å². The number of benzene rings is 1. The van der Waals surface area contributed by atoms with E-state index in [2.05, 4.69) is 22.9 Å². The van der Waals surface area contributed by atoms with Crippen LogP contribution in [0.25, 0.3) is 0 Å². The second kappa shape index (κ2) is 6.60. The van der Waals surface area contributed by atoms with Crippen LogP contribution in [-0.2, 0) is 16.0 Å². The van der Waals surface area contributed by atoms with Crippen molar-refractivity contribution < 1.29 is 14.3 Å². The Morgan fingerprint density at radius 3 is 2.65 bits per heavy atom. The number of nitrogens with zero attached hydrogens (tertiary/aromatic N) is 2. The van der Waals surface area contributed by atoms with Crippen LogP contribution in [0.3, 0.4) is 0 Å². The van der Waals surface area contributed by atoms with Gasteiger partial charge in [0.2, 0.25) is 5.91 Å². The molecular formula is C18H24N2O3. The van der Waals surface area contributed by atoms with E-state index in [1.54, 1.807) is 7.05 Å². The summed E-state index contributed by atoms with van der Waals surface area (Å²) >= 11 is 0. The molecule has 0 unspecified atom stereocenters. The molecule has 1 aromatic carbocycles. The van der Waals surface area contributed by atoms with Crippen molar-refractivity contribution in [2.45, 2.75) is 44.2 Å². The Balaban J connectivity index is 1.80. The fourth-order valence-corrected chi connectivity index (χ4v) is 3.51. The summed E-state index contributed by atoms with van der Waals surface area (Å²) in [6.07, 6.45) is 4.84. The zero-order chi connectivity index (χ0) is 16.4. The highest BCUT2D eigenvalue weighted by Crippen LogP contribution is 2.40. The molecule has 23 heavy (non-hydrogen) atoms. The minimum Gasteiger partial charge on any atom is -0.453 e. The van der Waals surface area contributed by atoms with E-state index >= 15 is 0 Å². The van der Waals surface area contributed by atoms with Crippen molar-refractivity contribution >= 4 is 12.0 Å². The average molecular weight is 316 g/mol. The number of amides is 2. The molecule has 2 amide bonds. The first-order chi connectivity index (χ1) is 11.1. The smallest absolute Gasteiger partial charge is 0.409 e. The number of hydrogen-bond donors (Lipinski definition) is 0. The van der Waals surface area contributed by atoms with Crippen molar-refractivity contribution in [2.75, 3.05) is 20.7 Å². The van der Waals surface area contributed by atoms with Crippen LogP contribution in [0.5, 0.6) is 0 Å². The first kappa shape index (κ1) is 15.8. The maximum Gasteiger partial charge on any atom is 0.409 e. The fourth-order valence-electron chi connectivity index (χ4n) is 3.51. The van der Waals surface area contributed by atoms with Crippen LogP contribution in [-0.4, -0.2) is 48.5 Å². The number of likely N-dealkylation sites (N-methyl/N-ethyl adjacent to an activating group) is 1. The van der Waals surface area contributed by atoms with Gasteiger partial charge < -0.3 is 14.5 Å². The molecule has 0 heterocycles. The van der Waals surface area contributed by atoms with E-state index in [0.29, 0.717) is 6.04 Å². The number of hydrogen-bond acceptors (Lipinski definition) is 3. The molecule has 0 bridgehead atoms. The highest BCUT2D eigenvalue weighted by atomic mass is 16.5. The summed E-state index contributed by atoms with van der Waals surface area (Å²) < 4.78 is 4.69. The van der Waals surface area contributed by atoms with E-state index < -0.39 is 6.09 Å². The zero-order valence-corrected chi connectivity index (χ0v) is 13.8. The molecule has 1 saturated carbocycles. The minimum atomic E-state index is -0.474. The van der Waals surface area contributed by atoms with Crippen molar-refractivity contribution in [3.63, 3.8) is 0 Å². The molecular weight excluding hydrogens is 292 g/mol. The number of ether oxygens (including phenoxy) is 1. The van der Waals surface area contributed by atoms with Crippen LogP contribution < -0.4 is 0 Å². The summed E-state index contributed by atoms with van der Waals surface area (Å²) in [5.74, 6) is 0.0158. The molecule has 0 radical (unpaired) electrons. The molecule has 0 spiro atoms. The van der Waals surface area contributed by atoms with Gasteiger partial charge in [0.25, 0.3) is 0 Å². The fraction of sp³-hybridized carbons (Fsp3) is 0.556. The lowest BCUT2D eigenvalue weighted by molar-refractivity contribution is -0.135. The molecule has 2 aliphatic rings. The van der Waals surface area contributed by atoms with Crippen LogP contribution in [0, 0.1) is 0 Å².